The standard InChI is InChI=1S/C14H15NO2S/c1-11-6-8-12(9-7-11)13-4-2-3-5-14(13)15-10-18(16)17/h2-9,15H,10H2,1H3,(H,16,17). The number of rotatable bonds is 4. The van der Waals surface area contributed by atoms with Crippen LogP contribution in [0.2, 0.25) is 0 Å². The summed E-state index contributed by atoms with van der Waals surface area (Å²) in [5.74, 6) is 0.0306. The monoisotopic (exact) mass is 261 g/mol. The largest absolute Gasteiger partial charge is 0.371 e. The van der Waals surface area contributed by atoms with Gasteiger partial charge in [0.2, 0.25) is 0 Å². The van der Waals surface area contributed by atoms with Crippen molar-refractivity contribution < 1.29 is 8.76 Å². The molecule has 0 spiro atoms. The maximum atomic E-state index is 10.7. The summed E-state index contributed by atoms with van der Waals surface area (Å²) in [7, 11) is 0. The molecule has 0 radical (unpaired) electrons. The number of nitrogens with one attached hydrogen (secondary N) is 1. The molecule has 3 nitrogen and oxygen atoms in total. The van der Waals surface area contributed by atoms with Gasteiger partial charge in [-0.3, -0.25) is 0 Å². The number of anilines is 1. The molecule has 1 unspecified atom stereocenters. The first-order valence-corrected chi connectivity index (χ1v) is 6.92. The van der Waals surface area contributed by atoms with Crippen molar-refractivity contribution in [3.05, 3.63) is 54.1 Å². The van der Waals surface area contributed by atoms with Gasteiger partial charge in [-0.15, -0.1) is 0 Å². The maximum absolute atomic E-state index is 10.7. The normalized spacial score (nSPS) is 12.1. The zero-order chi connectivity index (χ0) is 13.0. The molecular formula is C14H15NO2S. The molecule has 0 aliphatic heterocycles. The lowest BCUT2D eigenvalue weighted by atomic mass is 10.0. The zero-order valence-electron chi connectivity index (χ0n) is 10.1. The second-order valence-electron chi connectivity index (χ2n) is 4.05. The van der Waals surface area contributed by atoms with Gasteiger partial charge in [-0.1, -0.05) is 48.0 Å². The van der Waals surface area contributed by atoms with Crippen molar-refractivity contribution in [3.63, 3.8) is 0 Å². The van der Waals surface area contributed by atoms with E-state index in [9.17, 15) is 4.21 Å². The third-order valence-electron chi connectivity index (χ3n) is 2.68. The van der Waals surface area contributed by atoms with Crippen molar-refractivity contribution in [1.29, 1.82) is 0 Å². The Labute approximate surface area is 109 Å². The zero-order valence-corrected chi connectivity index (χ0v) is 10.9. The second-order valence-corrected chi connectivity index (χ2v) is 4.99. The van der Waals surface area contributed by atoms with E-state index in [0.717, 1.165) is 16.8 Å². The van der Waals surface area contributed by atoms with Gasteiger partial charge in [0.1, 0.15) is 5.88 Å². The fourth-order valence-corrected chi connectivity index (χ4v) is 2.04. The molecule has 0 saturated carbocycles. The minimum Gasteiger partial charge on any atom is -0.371 e. The molecule has 0 bridgehead atoms. The van der Waals surface area contributed by atoms with E-state index in [2.05, 4.69) is 17.4 Å². The number of aryl methyl sites for hydroxylation is 1. The minimum absolute atomic E-state index is 0.0306. The number of para-hydroxylation sites is 1. The van der Waals surface area contributed by atoms with E-state index in [0.29, 0.717) is 0 Å². The van der Waals surface area contributed by atoms with Gasteiger partial charge in [0.05, 0.1) is 0 Å². The summed E-state index contributed by atoms with van der Waals surface area (Å²) >= 11 is -1.85. The molecule has 0 saturated heterocycles. The topological polar surface area (TPSA) is 49.3 Å². The first kappa shape index (κ1) is 12.8. The Kier molecular flexibility index (Phi) is 4.12. The van der Waals surface area contributed by atoms with Crippen LogP contribution >= 0.6 is 0 Å². The van der Waals surface area contributed by atoms with Gasteiger partial charge in [-0.2, -0.15) is 0 Å². The van der Waals surface area contributed by atoms with E-state index < -0.39 is 11.1 Å². The number of hydrogen-bond acceptors (Lipinski definition) is 2. The van der Waals surface area contributed by atoms with Crippen molar-refractivity contribution in [1.82, 2.24) is 0 Å². The van der Waals surface area contributed by atoms with Crippen molar-refractivity contribution in [2.75, 3.05) is 11.2 Å². The van der Waals surface area contributed by atoms with Gasteiger partial charge in [0.15, 0.2) is 11.1 Å². The van der Waals surface area contributed by atoms with Gasteiger partial charge < -0.3 is 9.87 Å². The highest BCUT2D eigenvalue weighted by molar-refractivity contribution is 7.79. The Hall–Kier alpha value is -1.65. The SMILES string of the molecule is Cc1ccc(-c2ccccc2NCS(=O)O)cc1. The molecule has 2 rings (SSSR count). The van der Waals surface area contributed by atoms with Crippen molar-refractivity contribution in [2.45, 2.75) is 6.92 Å². The van der Waals surface area contributed by atoms with Crippen molar-refractivity contribution >= 4 is 16.8 Å². The Balaban J connectivity index is 2.32. The fourth-order valence-electron chi connectivity index (χ4n) is 1.76. The summed E-state index contributed by atoms with van der Waals surface area (Å²) in [4.78, 5) is 0. The molecule has 0 amide bonds. The molecule has 2 N–H and O–H groups in total. The summed E-state index contributed by atoms with van der Waals surface area (Å²) in [5, 5.41) is 2.98. The van der Waals surface area contributed by atoms with E-state index in [4.69, 9.17) is 4.55 Å². The Morgan fingerprint density at radius 1 is 1.11 bits per heavy atom. The van der Waals surface area contributed by atoms with Crippen molar-refractivity contribution in [2.24, 2.45) is 0 Å². The molecule has 94 valence electrons. The highest BCUT2D eigenvalue weighted by atomic mass is 32.2. The third kappa shape index (κ3) is 3.18. The van der Waals surface area contributed by atoms with E-state index >= 15 is 0 Å². The van der Waals surface area contributed by atoms with Crippen LogP contribution in [0.15, 0.2) is 48.5 Å². The Morgan fingerprint density at radius 3 is 2.44 bits per heavy atom. The predicted octanol–water partition coefficient (Wildman–Crippen LogP) is 3.25. The first-order valence-electron chi connectivity index (χ1n) is 5.64. The quantitative estimate of drug-likeness (QED) is 0.831. The van der Waals surface area contributed by atoms with Crippen LogP contribution in [0.25, 0.3) is 11.1 Å². The summed E-state index contributed by atoms with van der Waals surface area (Å²) in [6, 6.07) is 16.0. The van der Waals surface area contributed by atoms with Crippen LogP contribution in [0, 0.1) is 6.92 Å². The number of hydrogen-bond donors (Lipinski definition) is 2. The molecule has 2 aromatic rings. The molecule has 0 heterocycles. The Morgan fingerprint density at radius 2 is 1.78 bits per heavy atom. The van der Waals surface area contributed by atoms with Crippen molar-refractivity contribution in [3.8, 4) is 11.1 Å². The van der Waals surface area contributed by atoms with Crippen LogP contribution in [0.1, 0.15) is 5.56 Å². The summed E-state index contributed by atoms with van der Waals surface area (Å²) < 4.78 is 19.5. The molecule has 4 heteroatoms. The molecule has 0 aliphatic rings. The van der Waals surface area contributed by atoms with E-state index in [-0.39, 0.29) is 5.88 Å². The van der Waals surface area contributed by atoms with Crippen LogP contribution in [-0.2, 0) is 11.1 Å². The van der Waals surface area contributed by atoms with Crippen LogP contribution in [-0.4, -0.2) is 14.6 Å². The van der Waals surface area contributed by atoms with Crippen LogP contribution in [0.3, 0.4) is 0 Å². The molecule has 18 heavy (non-hydrogen) atoms. The molecule has 0 aliphatic carbocycles. The van der Waals surface area contributed by atoms with Gasteiger partial charge in [0, 0.05) is 11.3 Å². The van der Waals surface area contributed by atoms with Crippen LogP contribution in [0.5, 0.6) is 0 Å². The molecule has 1 atom stereocenters. The van der Waals surface area contributed by atoms with Gasteiger partial charge >= 0.3 is 0 Å². The van der Waals surface area contributed by atoms with Gasteiger partial charge in [0.25, 0.3) is 0 Å². The lowest BCUT2D eigenvalue weighted by Gasteiger charge is -2.11. The highest BCUT2D eigenvalue weighted by Gasteiger charge is 2.04. The summed E-state index contributed by atoms with van der Waals surface area (Å²) in [6.45, 7) is 2.04. The van der Waals surface area contributed by atoms with Crippen LogP contribution in [0.4, 0.5) is 5.69 Å². The predicted molar refractivity (Wildman–Crippen MR) is 75.9 cm³/mol. The molecule has 2 aromatic carbocycles. The average Bonchev–Trinajstić information content (AvgIpc) is 2.38. The van der Waals surface area contributed by atoms with E-state index in [1.165, 1.54) is 5.56 Å². The van der Waals surface area contributed by atoms with E-state index in [1.807, 2.05) is 43.3 Å². The third-order valence-corrected chi connectivity index (χ3v) is 3.07. The number of benzene rings is 2. The van der Waals surface area contributed by atoms with E-state index in [1.54, 1.807) is 0 Å². The fraction of sp³-hybridized carbons (Fsp3) is 0.143. The van der Waals surface area contributed by atoms with Gasteiger partial charge in [-0.05, 0) is 18.6 Å². The maximum Gasteiger partial charge on any atom is 0.172 e. The minimum atomic E-state index is -1.85. The lowest BCUT2D eigenvalue weighted by Crippen LogP contribution is -2.07. The molecular weight excluding hydrogens is 246 g/mol. The Bertz CT molecular complexity index is 552. The summed E-state index contributed by atoms with van der Waals surface area (Å²) in [5.41, 5.74) is 4.19. The summed E-state index contributed by atoms with van der Waals surface area (Å²) in [6.07, 6.45) is 0. The smallest absolute Gasteiger partial charge is 0.172 e. The van der Waals surface area contributed by atoms with Crippen LogP contribution < -0.4 is 5.32 Å². The molecule has 0 aromatic heterocycles. The average molecular weight is 261 g/mol. The molecule has 0 fully saturated rings. The second kappa shape index (κ2) is 5.80. The lowest BCUT2D eigenvalue weighted by molar-refractivity contribution is 0.566. The van der Waals surface area contributed by atoms with Gasteiger partial charge in [-0.25, -0.2) is 4.21 Å². The first-order chi connectivity index (χ1) is 8.66. The highest BCUT2D eigenvalue weighted by Crippen LogP contribution is 2.27.